The lowest BCUT2D eigenvalue weighted by Gasteiger charge is -2.27. The SMILES string of the molecule is CC1(COS(=O)(=O)ON2C(=O)N3CC2CC[C@H]3C(N)=O)CCOC1=O. The van der Waals surface area contributed by atoms with Crippen molar-refractivity contribution in [3.8, 4) is 0 Å². The topological polar surface area (TPSA) is 146 Å². The lowest BCUT2D eigenvalue weighted by atomic mass is 9.91. The molecule has 3 atom stereocenters. The van der Waals surface area contributed by atoms with E-state index in [9.17, 15) is 22.8 Å². The molecular formula is C13H19N3O8S. The monoisotopic (exact) mass is 377 g/mol. The number of rotatable bonds is 6. The lowest BCUT2D eigenvalue weighted by molar-refractivity contribution is -0.147. The zero-order valence-electron chi connectivity index (χ0n) is 13.5. The highest BCUT2D eigenvalue weighted by Gasteiger charge is 2.49. The Morgan fingerprint density at radius 1 is 1.40 bits per heavy atom. The van der Waals surface area contributed by atoms with Gasteiger partial charge in [-0.1, -0.05) is 0 Å². The summed E-state index contributed by atoms with van der Waals surface area (Å²) in [5, 5.41) is 0.688. The maximum Gasteiger partial charge on any atom is 0.421 e. The van der Waals surface area contributed by atoms with E-state index < -0.39 is 52.4 Å². The van der Waals surface area contributed by atoms with Crippen LogP contribution in [0.2, 0.25) is 0 Å². The second kappa shape index (κ2) is 6.11. The van der Waals surface area contributed by atoms with Gasteiger partial charge in [0.1, 0.15) is 6.04 Å². The van der Waals surface area contributed by atoms with Gasteiger partial charge in [-0.2, -0.15) is 13.5 Å². The van der Waals surface area contributed by atoms with E-state index in [-0.39, 0.29) is 13.2 Å². The van der Waals surface area contributed by atoms with Crippen LogP contribution in [-0.4, -0.2) is 68.1 Å². The summed E-state index contributed by atoms with van der Waals surface area (Å²) < 4.78 is 38.4. The molecule has 3 heterocycles. The van der Waals surface area contributed by atoms with E-state index in [0.29, 0.717) is 24.3 Å². The van der Waals surface area contributed by atoms with Gasteiger partial charge >= 0.3 is 22.4 Å². The van der Waals surface area contributed by atoms with Crippen LogP contribution in [0.1, 0.15) is 26.2 Å². The van der Waals surface area contributed by atoms with Crippen molar-refractivity contribution in [2.24, 2.45) is 11.1 Å². The molecule has 0 spiro atoms. The van der Waals surface area contributed by atoms with Gasteiger partial charge in [0.15, 0.2) is 0 Å². The quantitative estimate of drug-likeness (QED) is 0.573. The number of amides is 3. The third kappa shape index (κ3) is 3.28. The fourth-order valence-electron chi connectivity index (χ4n) is 3.12. The van der Waals surface area contributed by atoms with Gasteiger partial charge in [-0.15, -0.1) is 4.28 Å². The second-order valence-corrected chi connectivity index (χ2v) is 7.80. The average molecular weight is 377 g/mol. The molecule has 0 saturated carbocycles. The molecule has 3 aliphatic rings. The summed E-state index contributed by atoms with van der Waals surface area (Å²) in [7, 11) is -4.57. The summed E-state index contributed by atoms with van der Waals surface area (Å²) in [4.78, 5) is 36.4. The molecule has 0 aromatic rings. The first-order valence-electron chi connectivity index (χ1n) is 7.78. The molecule has 3 rings (SSSR count). The Kier molecular flexibility index (Phi) is 4.37. The highest BCUT2D eigenvalue weighted by Crippen LogP contribution is 2.32. The van der Waals surface area contributed by atoms with Gasteiger partial charge in [-0.05, 0) is 26.2 Å². The number of fused-ring (bicyclic) bond motifs is 2. The molecule has 3 fully saturated rings. The van der Waals surface area contributed by atoms with Gasteiger partial charge in [0, 0.05) is 6.54 Å². The van der Waals surface area contributed by atoms with E-state index in [2.05, 4.69) is 0 Å². The molecule has 2 bridgehead atoms. The molecule has 140 valence electrons. The molecule has 3 aliphatic heterocycles. The zero-order chi connectivity index (χ0) is 18.4. The van der Waals surface area contributed by atoms with Crippen molar-refractivity contribution in [1.82, 2.24) is 9.96 Å². The fraction of sp³-hybridized carbons (Fsp3) is 0.769. The average Bonchev–Trinajstić information content (AvgIpc) is 2.99. The van der Waals surface area contributed by atoms with Crippen LogP contribution in [0, 0.1) is 5.41 Å². The Hall–Kier alpha value is -1.92. The number of hydroxylamine groups is 2. The lowest BCUT2D eigenvalue weighted by Crippen LogP contribution is -2.47. The van der Waals surface area contributed by atoms with Crippen LogP contribution in [0.5, 0.6) is 0 Å². The van der Waals surface area contributed by atoms with Crippen LogP contribution in [0.3, 0.4) is 0 Å². The third-order valence-corrected chi connectivity index (χ3v) is 5.47. The van der Waals surface area contributed by atoms with Gasteiger partial charge in [0.25, 0.3) is 0 Å². The molecule has 0 aromatic heterocycles. The maximum absolute atomic E-state index is 12.3. The number of urea groups is 1. The van der Waals surface area contributed by atoms with Crippen LogP contribution in [0.4, 0.5) is 4.79 Å². The number of piperidine rings is 1. The minimum Gasteiger partial charge on any atom is -0.465 e. The summed E-state index contributed by atoms with van der Waals surface area (Å²) in [6.07, 6.45) is 1.02. The van der Waals surface area contributed by atoms with E-state index in [1.165, 1.54) is 11.8 Å². The normalized spacial score (nSPS) is 32.2. The van der Waals surface area contributed by atoms with Gasteiger partial charge in [0.05, 0.1) is 24.7 Å². The highest BCUT2D eigenvalue weighted by molar-refractivity contribution is 7.81. The van der Waals surface area contributed by atoms with E-state index in [1.54, 1.807) is 0 Å². The van der Waals surface area contributed by atoms with Crippen molar-refractivity contribution in [2.45, 2.75) is 38.3 Å². The molecule has 11 nitrogen and oxygen atoms in total. The first-order chi connectivity index (χ1) is 11.6. The molecule has 3 amide bonds. The van der Waals surface area contributed by atoms with Crippen LogP contribution >= 0.6 is 0 Å². The number of cyclic esters (lactones) is 1. The highest BCUT2D eigenvalue weighted by atomic mass is 32.3. The largest absolute Gasteiger partial charge is 0.465 e. The molecule has 2 unspecified atom stereocenters. The number of nitrogens with two attached hydrogens (primary N) is 1. The number of primary amides is 1. The number of hydrogen-bond donors (Lipinski definition) is 1. The minimum absolute atomic E-state index is 0.145. The van der Waals surface area contributed by atoms with E-state index >= 15 is 0 Å². The van der Waals surface area contributed by atoms with E-state index in [0.717, 1.165) is 0 Å². The number of hydrogen-bond acceptors (Lipinski definition) is 8. The Morgan fingerprint density at radius 2 is 2.12 bits per heavy atom. The molecule has 25 heavy (non-hydrogen) atoms. The van der Waals surface area contributed by atoms with Gasteiger partial charge in [-0.25, -0.2) is 8.98 Å². The van der Waals surface area contributed by atoms with Crippen molar-refractivity contribution < 1.29 is 36.0 Å². The van der Waals surface area contributed by atoms with Crippen molar-refractivity contribution in [3.63, 3.8) is 0 Å². The Bertz CT molecular complexity index is 710. The smallest absolute Gasteiger partial charge is 0.421 e. The molecule has 0 aliphatic carbocycles. The number of carbonyl (C=O) groups is 3. The van der Waals surface area contributed by atoms with E-state index in [1.807, 2.05) is 0 Å². The minimum atomic E-state index is -4.57. The molecule has 12 heteroatoms. The van der Waals surface area contributed by atoms with Crippen molar-refractivity contribution in [1.29, 1.82) is 0 Å². The number of nitrogens with zero attached hydrogens (tertiary/aromatic N) is 2. The first-order valence-corrected chi connectivity index (χ1v) is 9.12. The van der Waals surface area contributed by atoms with Crippen molar-refractivity contribution in [2.75, 3.05) is 19.8 Å². The number of carbonyl (C=O) groups excluding carboxylic acids is 3. The van der Waals surface area contributed by atoms with E-state index in [4.69, 9.17) is 18.9 Å². The predicted octanol–water partition coefficient (Wildman–Crippen LogP) is -1.11. The van der Waals surface area contributed by atoms with Crippen molar-refractivity contribution in [3.05, 3.63) is 0 Å². The molecular weight excluding hydrogens is 358 g/mol. The summed E-state index contributed by atoms with van der Waals surface area (Å²) in [6.45, 7) is 1.41. The standard InChI is InChI=1S/C13H19N3O8S/c1-13(4-5-22-11(13)18)7-23-25(20,21)24-16-8-2-3-9(10(14)17)15(6-8)12(16)19/h8-9H,2-7H2,1H3,(H2,14,17)/t8?,9-,13?/m0/s1. The number of esters is 1. The summed E-state index contributed by atoms with van der Waals surface area (Å²) in [5.74, 6) is -1.20. The Morgan fingerprint density at radius 3 is 2.72 bits per heavy atom. The molecule has 3 saturated heterocycles. The van der Waals surface area contributed by atoms with Gasteiger partial charge in [0.2, 0.25) is 5.91 Å². The maximum atomic E-state index is 12.3. The zero-order valence-corrected chi connectivity index (χ0v) is 14.4. The molecule has 0 aromatic carbocycles. The van der Waals surface area contributed by atoms with Crippen LogP contribution in [0.25, 0.3) is 0 Å². The van der Waals surface area contributed by atoms with Crippen LogP contribution in [-0.2, 0) is 33.2 Å². The third-order valence-electron chi connectivity index (χ3n) is 4.72. The predicted molar refractivity (Wildman–Crippen MR) is 79.6 cm³/mol. The summed E-state index contributed by atoms with van der Waals surface area (Å²) in [5.41, 5.74) is 4.17. The van der Waals surface area contributed by atoms with Gasteiger partial charge in [-0.3, -0.25) is 9.59 Å². The van der Waals surface area contributed by atoms with Crippen LogP contribution < -0.4 is 5.73 Å². The van der Waals surface area contributed by atoms with Gasteiger partial charge < -0.3 is 15.4 Å². The fourth-order valence-corrected chi connectivity index (χ4v) is 3.95. The Balaban J connectivity index is 1.64. The molecule has 0 radical (unpaired) electrons. The number of ether oxygens (including phenoxy) is 1. The summed E-state index contributed by atoms with van der Waals surface area (Å²) in [6, 6.07) is -2.06. The molecule has 2 N–H and O–H groups in total. The summed E-state index contributed by atoms with van der Waals surface area (Å²) >= 11 is 0. The second-order valence-electron chi connectivity index (χ2n) is 6.60. The first kappa shape index (κ1) is 17.9. The van der Waals surface area contributed by atoms with Crippen molar-refractivity contribution >= 4 is 28.3 Å². The Labute approximate surface area is 144 Å². The van der Waals surface area contributed by atoms with Crippen LogP contribution in [0.15, 0.2) is 0 Å².